The second-order valence-electron chi connectivity index (χ2n) is 11.1. The van der Waals surface area contributed by atoms with Crippen LogP contribution in [0.4, 0.5) is 26.3 Å². The van der Waals surface area contributed by atoms with Gasteiger partial charge in [-0.15, -0.1) is 11.3 Å². The Morgan fingerprint density at radius 2 is 1.75 bits per heavy atom. The highest BCUT2D eigenvalue weighted by atomic mass is 32.1. The topological polar surface area (TPSA) is 71.2 Å². The molecule has 1 N–H and O–H groups in total. The van der Waals surface area contributed by atoms with E-state index in [-0.39, 0.29) is 11.7 Å². The van der Waals surface area contributed by atoms with E-state index >= 15 is 0 Å². The van der Waals surface area contributed by atoms with Crippen molar-refractivity contribution in [2.24, 2.45) is 0 Å². The summed E-state index contributed by atoms with van der Waals surface area (Å²) in [5.41, 5.74) is 3.52. The van der Waals surface area contributed by atoms with Crippen LogP contribution in [-0.4, -0.2) is 56.6 Å². The number of carbonyl (C=O) groups is 1. The van der Waals surface area contributed by atoms with Crippen molar-refractivity contribution < 1.29 is 36.2 Å². The van der Waals surface area contributed by atoms with Crippen molar-refractivity contribution >= 4 is 17.3 Å². The summed E-state index contributed by atoms with van der Waals surface area (Å²) in [4.78, 5) is 18.1. The third-order valence-electron chi connectivity index (χ3n) is 8.03. The molecule has 1 saturated heterocycles. The van der Waals surface area contributed by atoms with Crippen LogP contribution in [0, 0.1) is 13.8 Å². The SMILES string of the molecule is Cc1cc(C2CCN(CC(F)(F)F)CC2)ccc1CCc1c(C)csc1-c1cccc(-n2ncc(C(=O)O)c2C(F)(F)F)n1. The Bertz CT molecular complexity index is 1650. The van der Waals surface area contributed by atoms with Gasteiger partial charge in [-0.2, -0.15) is 31.4 Å². The molecule has 1 aromatic carbocycles. The Morgan fingerprint density at radius 1 is 1.02 bits per heavy atom. The van der Waals surface area contributed by atoms with Gasteiger partial charge < -0.3 is 5.11 Å². The number of thiophene rings is 1. The molecule has 1 fully saturated rings. The second kappa shape index (κ2) is 12.4. The van der Waals surface area contributed by atoms with Crippen molar-refractivity contribution in [1.29, 1.82) is 0 Å². The zero-order valence-corrected chi connectivity index (χ0v) is 24.8. The molecule has 0 radical (unpaired) electrons. The predicted molar refractivity (Wildman–Crippen MR) is 154 cm³/mol. The molecule has 0 amide bonds. The first-order valence-electron chi connectivity index (χ1n) is 14.0. The lowest BCUT2D eigenvalue weighted by atomic mass is 9.87. The van der Waals surface area contributed by atoms with Crippen LogP contribution in [0.1, 0.15) is 62.6 Å². The number of aromatic carboxylic acids is 1. The first-order valence-corrected chi connectivity index (χ1v) is 14.9. The number of benzene rings is 1. The summed E-state index contributed by atoms with van der Waals surface area (Å²) in [5.74, 6) is -1.66. The number of hydrogen-bond donors (Lipinski definition) is 1. The van der Waals surface area contributed by atoms with Gasteiger partial charge in [0.1, 0.15) is 5.56 Å². The molecule has 0 unspecified atom stereocenters. The summed E-state index contributed by atoms with van der Waals surface area (Å²) < 4.78 is 80.1. The second-order valence-corrected chi connectivity index (χ2v) is 12.0. The van der Waals surface area contributed by atoms with Gasteiger partial charge in [0, 0.05) is 0 Å². The van der Waals surface area contributed by atoms with E-state index in [1.54, 1.807) is 12.1 Å². The average molecular weight is 637 g/mol. The van der Waals surface area contributed by atoms with Gasteiger partial charge in [0.05, 0.1) is 23.3 Å². The quantitative estimate of drug-likeness (QED) is 0.200. The molecule has 44 heavy (non-hydrogen) atoms. The van der Waals surface area contributed by atoms with E-state index in [9.17, 15) is 36.2 Å². The molecule has 0 spiro atoms. The van der Waals surface area contributed by atoms with Crippen LogP contribution < -0.4 is 0 Å². The summed E-state index contributed by atoms with van der Waals surface area (Å²) in [6, 6.07) is 10.9. The normalized spacial score (nSPS) is 15.2. The van der Waals surface area contributed by atoms with E-state index in [2.05, 4.69) is 28.3 Å². The number of pyridine rings is 1. The summed E-state index contributed by atoms with van der Waals surface area (Å²) in [7, 11) is 0. The van der Waals surface area contributed by atoms with Gasteiger partial charge in [-0.05, 0) is 104 Å². The van der Waals surface area contributed by atoms with E-state index in [4.69, 9.17) is 0 Å². The highest BCUT2D eigenvalue weighted by Crippen LogP contribution is 2.36. The smallest absolute Gasteiger partial charge is 0.434 e. The molecule has 0 aliphatic carbocycles. The first-order chi connectivity index (χ1) is 20.7. The van der Waals surface area contributed by atoms with E-state index in [0.717, 1.165) is 32.7 Å². The zero-order chi connectivity index (χ0) is 31.8. The standard InChI is InChI=1S/C31H30F6N4O2S/c1-18-14-22(21-10-12-40(13-11-21)17-30(32,33)34)7-6-20(18)8-9-23-19(2)16-44-27(23)25-4-3-5-26(39-25)41-28(31(35,36)37)24(15-38-41)29(42)43/h3-7,14-16,21H,8-13,17H2,1-2H3,(H,42,43). The van der Waals surface area contributed by atoms with E-state index in [1.807, 2.05) is 19.2 Å². The van der Waals surface area contributed by atoms with Gasteiger partial charge in [0.15, 0.2) is 11.5 Å². The van der Waals surface area contributed by atoms with Crippen molar-refractivity contribution in [3.8, 4) is 16.4 Å². The Labute approximate surface area is 254 Å². The zero-order valence-electron chi connectivity index (χ0n) is 24.0. The maximum Gasteiger partial charge on any atom is 0.434 e. The number of likely N-dealkylation sites (tertiary alicyclic amines) is 1. The molecule has 0 atom stereocenters. The fourth-order valence-electron chi connectivity index (χ4n) is 5.80. The summed E-state index contributed by atoms with van der Waals surface area (Å²) in [6.07, 6.45) is -5.74. The third kappa shape index (κ3) is 6.99. The van der Waals surface area contributed by atoms with Crippen molar-refractivity contribution in [2.45, 2.75) is 57.8 Å². The average Bonchev–Trinajstić information content (AvgIpc) is 3.57. The molecule has 0 saturated carbocycles. The monoisotopic (exact) mass is 636 g/mol. The Morgan fingerprint density at radius 3 is 2.39 bits per heavy atom. The van der Waals surface area contributed by atoms with Gasteiger partial charge >= 0.3 is 18.3 Å². The first kappa shape index (κ1) is 31.7. The fourth-order valence-corrected chi connectivity index (χ4v) is 6.88. The number of hydrogen-bond acceptors (Lipinski definition) is 5. The number of piperidine rings is 1. The van der Waals surface area contributed by atoms with Crippen LogP contribution in [0.3, 0.4) is 0 Å². The largest absolute Gasteiger partial charge is 0.478 e. The molecule has 5 rings (SSSR count). The minimum Gasteiger partial charge on any atom is -0.478 e. The lowest BCUT2D eigenvalue weighted by molar-refractivity contribution is -0.148. The van der Waals surface area contributed by atoms with Gasteiger partial charge in [-0.3, -0.25) is 4.90 Å². The molecular weight excluding hydrogens is 606 g/mol. The van der Waals surface area contributed by atoms with Gasteiger partial charge in [0.2, 0.25) is 0 Å². The van der Waals surface area contributed by atoms with Crippen LogP contribution in [0.25, 0.3) is 16.4 Å². The van der Waals surface area contributed by atoms with Crippen LogP contribution in [0.5, 0.6) is 0 Å². The Kier molecular flexibility index (Phi) is 8.90. The summed E-state index contributed by atoms with van der Waals surface area (Å²) in [6.45, 7) is 3.95. The molecule has 1 aliphatic rings. The Hall–Kier alpha value is -3.71. The van der Waals surface area contributed by atoms with E-state index < -0.39 is 36.1 Å². The maximum absolute atomic E-state index is 13.8. The molecule has 4 aromatic rings. The van der Waals surface area contributed by atoms with Crippen LogP contribution in [0.15, 0.2) is 48.0 Å². The molecule has 3 aromatic heterocycles. The maximum atomic E-state index is 13.8. The molecule has 234 valence electrons. The fraction of sp³-hybridized carbons (Fsp3) is 0.387. The molecular formula is C31H30F6N4O2S. The molecule has 6 nitrogen and oxygen atoms in total. The van der Waals surface area contributed by atoms with Crippen LogP contribution in [-0.2, 0) is 19.0 Å². The van der Waals surface area contributed by atoms with Gasteiger partial charge in [0.25, 0.3) is 0 Å². The highest BCUT2D eigenvalue weighted by molar-refractivity contribution is 7.13. The highest BCUT2D eigenvalue weighted by Gasteiger charge is 2.41. The van der Waals surface area contributed by atoms with Crippen molar-refractivity contribution in [1.82, 2.24) is 19.7 Å². The predicted octanol–water partition coefficient (Wildman–Crippen LogP) is 7.86. The lowest BCUT2D eigenvalue weighted by Gasteiger charge is -2.32. The van der Waals surface area contributed by atoms with Gasteiger partial charge in [-0.25, -0.2) is 14.5 Å². The minimum atomic E-state index is -4.95. The summed E-state index contributed by atoms with van der Waals surface area (Å²) >= 11 is 1.43. The third-order valence-corrected chi connectivity index (χ3v) is 9.19. The molecule has 1 aliphatic heterocycles. The van der Waals surface area contributed by atoms with Crippen molar-refractivity contribution in [2.75, 3.05) is 19.6 Å². The number of aromatic nitrogens is 3. The van der Waals surface area contributed by atoms with Crippen LogP contribution >= 0.6 is 11.3 Å². The van der Waals surface area contributed by atoms with E-state index in [1.165, 1.54) is 22.3 Å². The lowest BCUT2D eigenvalue weighted by Crippen LogP contribution is -2.39. The minimum absolute atomic E-state index is 0.144. The molecule has 0 bridgehead atoms. The van der Waals surface area contributed by atoms with Crippen molar-refractivity contribution in [3.63, 3.8) is 0 Å². The van der Waals surface area contributed by atoms with Crippen molar-refractivity contribution in [3.05, 3.63) is 87.0 Å². The number of alkyl halides is 6. The number of carboxylic acids is 1. The molecule has 4 heterocycles. The summed E-state index contributed by atoms with van der Waals surface area (Å²) in [5, 5.41) is 14.9. The van der Waals surface area contributed by atoms with Crippen LogP contribution in [0.2, 0.25) is 0 Å². The number of carboxylic acid groups (broad SMARTS) is 1. The Balaban J connectivity index is 1.32. The number of nitrogens with zero attached hydrogens (tertiary/aromatic N) is 4. The van der Waals surface area contributed by atoms with E-state index in [0.29, 0.717) is 55.3 Å². The number of halogens is 6. The molecule has 13 heteroatoms. The number of rotatable bonds is 8. The van der Waals surface area contributed by atoms with Gasteiger partial charge in [-0.1, -0.05) is 24.3 Å². The number of aryl methyl sites for hydroxylation is 3.